The molecule has 0 aromatic carbocycles. The Balaban J connectivity index is 1.79. The van der Waals surface area contributed by atoms with E-state index < -0.39 is 0 Å². The normalized spacial score (nSPS) is 23.9. The highest BCUT2D eigenvalue weighted by Crippen LogP contribution is 2.41. The summed E-state index contributed by atoms with van der Waals surface area (Å²) >= 11 is 3.49. The summed E-state index contributed by atoms with van der Waals surface area (Å²) in [6.45, 7) is 0. The second-order valence-corrected chi connectivity index (χ2v) is 6.69. The second-order valence-electron chi connectivity index (χ2n) is 5.88. The van der Waals surface area contributed by atoms with Crippen molar-refractivity contribution < 1.29 is 0 Å². The topological polar surface area (TPSA) is 30.7 Å². The Hall–Kier alpha value is -0.900. The van der Waals surface area contributed by atoms with Crippen LogP contribution >= 0.6 is 15.9 Å². The molecule has 0 spiro atoms. The van der Waals surface area contributed by atoms with Gasteiger partial charge in [0.25, 0.3) is 0 Å². The Morgan fingerprint density at radius 3 is 2.74 bits per heavy atom. The third-order valence-electron chi connectivity index (χ3n) is 4.77. The van der Waals surface area contributed by atoms with Crippen molar-refractivity contribution in [2.75, 3.05) is 0 Å². The van der Waals surface area contributed by atoms with Crippen LogP contribution in [0.5, 0.6) is 0 Å². The third-order valence-corrected chi connectivity index (χ3v) is 5.21. The molecule has 4 heteroatoms. The van der Waals surface area contributed by atoms with Gasteiger partial charge in [0, 0.05) is 12.5 Å². The number of halogens is 1. The lowest BCUT2D eigenvalue weighted by molar-refractivity contribution is 0.258. The summed E-state index contributed by atoms with van der Waals surface area (Å²) in [4.78, 5) is 9.43. The van der Waals surface area contributed by atoms with E-state index in [2.05, 4.69) is 31.5 Å². The molecule has 3 heterocycles. The molecule has 3 nitrogen and oxygen atoms in total. The standard InChI is InChI=1S/C15H18BrN3/c16-13-8-6-11-15(18-13)19-12(7-9-14(19)17-11)10-4-2-1-3-5-10/h6,8,10,12H,1-5,7,9H2/t12-/m0/s1. The molecule has 0 amide bonds. The molecular weight excluding hydrogens is 302 g/mol. The maximum absolute atomic E-state index is 4.76. The van der Waals surface area contributed by atoms with Gasteiger partial charge in [-0.1, -0.05) is 19.3 Å². The maximum atomic E-state index is 4.76. The van der Waals surface area contributed by atoms with Crippen molar-refractivity contribution in [3.05, 3.63) is 22.6 Å². The minimum Gasteiger partial charge on any atom is -0.309 e. The summed E-state index contributed by atoms with van der Waals surface area (Å²) in [6, 6.07) is 4.71. The fraction of sp³-hybridized carbons (Fsp3) is 0.600. The van der Waals surface area contributed by atoms with Gasteiger partial charge < -0.3 is 4.57 Å². The third kappa shape index (κ3) is 1.92. The van der Waals surface area contributed by atoms with E-state index in [0.29, 0.717) is 6.04 Å². The van der Waals surface area contributed by atoms with Crippen LogP contribution in [-0.2, 0) is 6.42 Å². The first-order valence-electron chi connectivity index (χ1n) is 7.36. The van der Waals surface area contributed by atoms with Gasteiger partial charge in [0.2, 0.25) is 0 Å². The Bertz CT molecular complexity index is 613. The zero-order valence-electron chi connectivity index (χ0n) is 11.0. The second kappa shape index (κ2) is 4.58. The van der Waals surface area contributed by atoms with Crippen molar-refractivity contribution in [1.29, 1.82) is 0 Å². The van der Waals surface area contributed by atoms with Gasteiger partial charge in [0.15, 0.2) is 5.65 Å². The van der Waals surface area contributed by atoms with Crippen LogP contribution in [-0.4, -0.2) is 14.5 Å². The Kier molecular flexibility index (Phi) is 2.87. The average Bonchev–Trinajstić information content (AvgIpc) is 2.99. The zero-order valence-corrected chi connectivity index (χ0v) is 12.6. The SMILES string of the molecule is Brc1ccc2nc3n(c2n1)[C@H](C1CCCCC1)CC3. The summed E-state index contributed by atoms with van der Waals surface area (Å²) in [5, 5.41) is 0. The van der Waals surface area contributed by atoms with Crippen molar-refractivity contribution in [2.45, 2.75) is 51.0 Å². The Labute approximate surface area is 121 Å². The highest BCUT2D eigenvalue weighted by Gasteiger charge is 2.33. The summed E-state index contributed by atoms with van der Waals surface area (Å²) < 4.78 is 3.35. The van der Waals surface area contributed by atoms with Crippen molar-refractivity contribution in [3.8, 4) is 0 Å². The summed E-state index contributed by atoms with van der Waals surface area (Å²) in [5.41, 5.74) is 2.14. The fourth-order valence-electron chi connectivity index (χ4n) is 3.89. The van der Waals surface area contributed by atoms with Crippen molar-refractivity contribution in [2.24, 2.45) is 5.92 Å². The first kappa shape index (κ1) is 11.9. The van der Waals surface area contributed by atoms with Crippen LogP contribution in [0.1, 0.15) is 50.4 Å². The molecule has 2 aromatic heterocycles. The number of aryl methyl sites for hydroxylation is 1. The fourth-order valence-corrected chi connectivity index (χ4v) is 4.19. The molecule has 100 valence electrons. The first-order valence-corrected chi connectivity index (χ1v) is 8.15. The molecule has 1 fully saturated rings. The van der Waals surface area contributed by atoms with E-state index in [-0.39, 0.29) is 0 Å². The number of pyridine rings is 1. The molecule has 1 saturated carbocycles. The molecule has 4 rings (SSSR count). The summed E-state index contributed by atoms with van der Waals surface area (Å²) in [7, 11) is 0. The van der Waals surface area contributed by atoms with E-state index >= 15 is 0 Å². The van der Waals surface area contributed by atoms with Gasteiger partial charge in [-0.05, 0) is 53.2 Å². The largest absolute Gasteiger partial charge is 0.309 e. The predicted molar refractivity (Wildman–Crippen MR) is 79.2 cm³/mol. The van der Waals surface area contributed by atoms with Gasteiger partial charge in [-0.25, -0.2) is 9.97 Å². The summed E-state index contributed by atoms with van der Waals surface area (Å²) in [5.74, 6) is 2.09. The molecule has 0 saturated heterocycles. The number of hydrogen-bond acceptors (Lipinski definition) is 2. The first-order chi connectivity index (χ1) is 9.33. The van der Waals surface area contributed by atoms with Crippen LogP contribution in [0.2, 0.25) is 0 Å². The lowest BCUT2D eigenvalue weighted by Crippen LogP contribution is -2.19. The zero-order chi connectivity index (χ0) is 12.8. The Morgan fingerprint density at radius 2 is 1.89 bits per heavy atom. The molecule has 19 heavy (non-hydrogen) atoms. The van der Waals surface area contributed by atoms with Gasteiger partial charge in [0.05, 0.1) is 0 Å². The highest BCUT2D eigenvalue weighted by atomic mass is 79.9. The molecule has 1 atom stereocenters. The Morgan fingerprint density at radius 1 is 1.05 bits per heavy atom. The number of nitrogens with zero attached hydrogens (tertiary/aromatic N) is 3. The van der Waals surface area contributed by atoms with Crippen molar-refractivity contribution >= 4 is 27.1 Å². The molecule has 0 unspecified atom stereocenters. The monoisotopic (exact) mass is 319 g/mol. The van der Waals surface area contributed by atoms with E-state index in [1.165, 1.54) is 44.3 Å². The van der Waals surface area contributed by atoms with Crippen molar-refractivity contribution in [3.63, 3.8) is 0 Å². The van der Waals surface area contributed by atoms with Gasteiger partial charge in [-0.15, -0.1) is 0 Å². The maximum Gasteiger partial charge on any atom is 0.161 e. The van der Waals surface area contributed by atoms with Crippen LogP contribution < -0.4 is 0 Å². The van der Waals surface area contributed by atoms with Crippen LogP contribution in [0, 0.1) is 5.92 Å². The molecule has 2 aliphatic rings. The van der Waals surface area contributed by atoms with E-state index in [0.717, 1.165) is 28.1 Å². The molecule has 0 N–H and O–H groups in total. The van der Waals surface area contributed by atoms with E-state index in [1.54, 1.807) is 0 Å². The molecule has 0 bridgehead atoms. The minimum atomic E-state index is 0.641. The highest BCUT2D eigenvalue weighted by molar-refractivity contribution is 9.10. The number of aromatic nitrogens is 3. The number of imidazole rings is 1. The molecular formula is C15H18BrN3. The van der Waals surface area contributed by atoms with E-state index in [1.807, 2.05) is 6.07 Å². The lowest BCUT2D eigenvalue weighted by atomic mass is 9.83. The van der Waals surface area contributed by atoms with Crippen LogP contribution in [0.4, 0.5) is 0 Å². The minimum absolute atomic E-state index is 0.641. The van der Waals surface area contributed by atoms with Crippen LogP contribution in [0.3, 0.4) is 0 Å². The predicted octanol–water partition coefficient (Wildman–Crippen LogP) is 4.26. The van der Waals surface area contributed by atoms with Crippen LogP contribution in [0.25, 0.3) is 11.2 Å². The molecule has 1 aliphatic heterocycles. The van der Waals surface area contributed by atoms with E-state index in [9.17, 15) is 0 Å². The number of fused-ring (bicyclic) bond motifs is 3. The smallest absolute Gasteiger partial charge is 0.161 e. The average molecular weight is 320 g/mol. The van der Waals surface area contributed by atoms with Gasteiger partial charge in [0.1, 0.15) is 15.9 Å². The quantitative estimate of drug-likeness (QED) is 0.735. The van der Waals surface area contributed by atoms with Crippen molar-refractivity contribution in [1.82, 2.24) is 14.5 Å². The molecule has 2 aromatic rings. The van der Waals surface area contributed by atoms with E-state index in [4.69, 9.17) is 4.98 Å². The molecule has 0 radical (unpaired) electrons. The van der Waals surface area contributed by atoms with Crippen LogP contribution in [0.15, 0.2) is 16.7 Å². The van der Waals surface area contributed by atoms with Gasteiger partial charge >= 0.3 is 0 Å². The molecule has 1 aliphatic carbocycles. The summed E-state index contributed by atoms with van der Waals surface area (Å²) in [6.07, 6.45) is 9.38. The lowest BCUT2D eigenvalue weighted by Gasteiger charge is -2.28. The van der Waals surface area contributed by atoms with Gasteiger partial charge in [-0.3, -0.25) is 0 Å². The number of hydrogen-bond donors (Lipinski definition) is 0. The van der Waals surface area contributed by atoms with Gasteiger partial charge in [-0.2, -0.15) is 0 Å². The number of rotatable bonds is 1.